The zero-order chi connectivity index (χ0) is 22.8. The van der Waals surface area contributed by atoms with Crippen molar-refractivity contribution < 1.29 is 4.42 Å². The van der Waals surface area contributed by atoms with Gasteiger partial charge in [0.05, 0.1) is 11.0 Å². The molecule has 7 aromatic rings. The van der Waals surface area contributed by atoms with Gasteiger partial charge in [0.1, 0.15) is 11.2 Å². The van der Waals surface area contributed by atoms with E-state index in [1.807, 2.05) is 0 Å². The van der Waals surface area contributed by atoms with Gasteiger partial charge in [0.25, 0.3) is 0 Å². The van der Waals surface area contributed by atoms with Crippen LogP contribution < -0.4 is 0 Å². The van der Waals surface area contributed by atoms with Crippen LogP contribution in [0.25, 0.3) is 60.6 Å². The topological polar surface area (TPSA) is 18.1 Å². The smallest absolute Gasteiger partial charge is 0.135 e. The molecule has 7 rings (SSSR count). The van der Waals surface area contributed by atoms with Crippen molar-refractivity contribution in [3.05, 3.63) is 114 Å². The lowest BCUT2D eigenvalue weighted by molar-refractivity contribution is 0.669. The summed E-state index contributed by atoms with van der Waals surface area (Å²) < 4.78 is 8.59. The fourth-order valence-electron chi connectivity index (χ4n) is 5.27. The number of para-hydroxylation sites is 1. The molecule has 162 valence electrons. The van der Waals surface area contributed by atoms with Gasteiger partial charge in [-0.25, -0.2) is 0 Å². The van der Waals surface area contributed by atoms with Crippen molar-refractivity contribution in [2.24, 2.45) is 0 Å². The van der Waals surface area contributed by atoms with Gasteiger partial charge in [-0.2, -0.15) is 0 Å². The van der Waals surface area contributed by atoms with E-state index in [4.69, 9.17) is 4.42 Å². The first-order valence-electron chi connectivity index (χ1n) is 11.7. The van der Waals surface area contributed by atoms with Crippen LogP contribution in [-0.2, 0) is 0 Å². The van der Waals surface area contributed by atoms with E-state index in [1.54, 1.807) is 0 Å². The van der Waals surface area contributed by atoms with E-state index in [-0.39, 0.29) is 0 Å². The molecule has 0 radical (unpaired) electrons. The molecule has 0 N–H and O–H groups in total. The van der Waals surface area contributed by atoms with Gasteiger partial charge in [-0.1, -0.05) is 65.7 Å². The van der Waals surface area contributed by atoms with Crippen LogP contribution in [0.4, 0.5) is 0 Å². The molecule has 34 heavy (non-hydrogen) atoms. The van der Waals surface area contributed by atoms with E-state index in [2.05, 4.69) is 122 Å². The molecule has 2 heterocycles. The Kier molecular flexibility index (Phi) is 4.01. The molecular formula is C32H23NO. The Morgan fingerprint density at radius 1 is 0.500 bits per heavy atom. The second kappa shape index (κ2) is 7.10. The maximum absolute atomic E-state index is 6.22. The number of nitrogens with zero attached hydrogens (tertiary/aromatic N) is 1. The average molecular weight is 438 g/mol. The third-order valence-corrected chi connectivity index (χ3v) is 6.89. The highest BCUT2D eigenvalue weighted by molar-refractivity contribution is 6.11. The Hall–Kier alpha value is -4.30. The fraction of sp³-hybridized carbons (Fsp3) is 0.0625. The summed E-state index contributed by atoms with van der Waals surface area (Å²) in [6.07, 6.45) is 0. The highest BCUT2D eigenvalue weighted by Gasteiger charge is 2.15. The molecule has 5 aromatic carbocycles. The summed E-state index contributed by atoms with van der Waals surface area (Å²) in [5.74, 6) is 0. The molecule has 0 aliphatic heterocycles. The number of furan rings is 1. The third kappa shape index (κ3) is 2.82. The second-order valence-corrected chi connectivity index (χ2v) is 9.24. The molecule has 0 spiro atoms. The third-order valence-electron chi connectivity index (χ3n) is 6.89. The Morgan fingerprint density at radius 2 is 1.24 bits per heavy atom. The highest BCUT2D eigenvalue weighted by Crippen LogP contribution is 2.37. The normalized spacial score (nSPS) is 11.8. The lowest BCUT2D eigenvalue weighted by Gasteiger charge is -2.08. The molecule has 0 saturated heterocycles. The number of hydrogen-bond acceptors (Lipinski definition) is 1. The number of aromatic nitrogens is 1. The van der Waals surface area contributed by atoms with Crippen LogP contribution in [0.1, 0.15) is 11.1 Å². The van der Waals surface area contributed by atoms with Gasteiger partial charge in [-0.3, -0.25) is 0 Å². The van der Waals surface area contributed by atoms with Crippen LogP contribution in [0.2, 0.25) is 0 Å². The van der Waals surface area contributed by atoms with Crippen LogP contribution in [0, 0.1) is 13.8 Å². The molecule has 0 bridgehead atoms. The minimum Gasteiger partial charge on any atom is -0.456 e. The lowest BCUT2D eigenvalue weighted by atomic mass is 10.0. The first kappa shape index (κ1) is 19.2. The molecule has 0 saturated carbocycles. The van der Waals surface area contributed by atoms with Gasteiger partial charge in [-0.15, -0.1) is 0 Å². The summed E-state index contributed by atoms with van der Waals surface area (Å²) in [5.41, 5.74) is 10.4. The van der Waals surface area contributed by atoms with Crippen molar-refractivity contribution in [3.8, 4) is 16.8 Å². The zero-order valence-corrected chi connectivity index (χ0v) is 19.2. The van der Waals surface area contributed by atoms with Crippen LogP contribution in [-0.4, -0.2) is 4.57 Å². The monoisotopic (exact) mass is 437 g/mol. The lowest BCUT2D eigenvalue weighted by Crippen LogP contribution is -1.93. The molecule has 0 unspecified atom stereocenters. The molecule has 2 heteroatoms. The number of fused-ring (bicyclic) bond motifs is 6. The summed E-state index contributed by atoms with van der Waals surface area (Å²) in [5, 5.41) is 4.85. The summed E-state index contributed by atoms with van der Waals surface area (Å²) in [6, 6.07) is 37.1. The van der Waals surface area contributed by atoms with Gasteiger partial charge < -0.3 is 8.98 Å². The van der Waals surface area contributed by atoms with Gasteiger partial charge in [0, 0.05) is 27.2 Å². The summed E-state index contributed by atoms with van der Waals surface area (Å²) >= 11 is 0. The zero-order valence-electron chi connectivity index (χ0n) is 19.2. The van der Waals surface area contributed by atoms with Gasteiger partial charge in [-0.05, 0) is 73.5 Å². The summed E-state index contributed by atoms with van der Waals surface area (Å²) in [4.78, 5) is 0. The van der Waals surface area contributed by atoms with Crippen LogP contribution in [0.15, 0.2) is 108 Å². The minimum atomic E-state index is 0.914. The van der Waals surface area contributed by atoms with Gasteiger partial charge in [0.15, 0.2) is 0 Å². The Balaban J connectivity index is 1.50. The molecule has 0 fully saturated rings. The Morgan fingerprint density at radius 3 is 2.12 bits per heavy atom. The van der Waals surface area contributed by atoms with Crippen LogP contribution in [0.5, 0.6) is 0 Å². The van der Waals surface area contributed by atoms with Crippen molar-refractivity contribution in [2.45, 2.75) is 13.8 Å². The van der Waals surface area contributed by atoms with Crippen molar-refractivity contribution in [3.63, 3.8) is 0 Å². The van der Waals surface area contributed by atoms with Gasteiger partial charge >= 0.3 is 0 Å². The maximum atomic E-state index is 6.22. The van der Waals surface area contributed by atoms with Crippen molar-refractivity contribution >= 4 is 43.7 Å². The maximum Gasteiger partial charge on any atom is 0.135 e. The van der Waals surface area contributed by atoms with Crippen molar-refractivity contribution in [1.29, 1.82) is 0 Å². The highest BCUT2D eigenvalue weighted by atomic mass is 16.3. The van der Waals surface area contributed by atoms with Crippen LogP contribution >= 0.6 is 0 Å². The Bertz CT molecular complexity index is 1880. The number of rotatable bonds is 2. The quantitative estimate of drug-likeness (QED) is 0.264. The molecule has 0 atom stereocenters. The molecule has 0 aliphatic carbocycles. The van der Waals surface area contributed by atoms with Crippen molar-refractivity contribution in [1.82, 2.24) is 4.57 Å². The molecule has 2 aromatic heterocycles. The van der Waals surface area contributed by atoms with E-state index in [0.29, 0.717) is 0 Å². The van der Waals surface area contributed by atoms with E-state index in [1.165, 1.54) is 44.1 Å². The van der Waals surface area contributed by atoms with Gasteiger partial charge in [0.2, 0.25) is 0 Å². The SMILES string of the molecule is Cc1cccc(-c2ccc3oc4ccc(-n5c6ccccc6c6cc(C)ccc65)cc4c3c2)c1. The standard InChI is InChI=1S/C32H23NO/c1-20-6-5-7-22(16-20)23-11-14-31-27(18-23)28-19-24(12-15-32(28)34-31)33-29-9-4-3-8-25(29)26-17-21(2)10-13-30(26)33/h3-19H,1-2H3. The van der Waals surface area contributed by atoms with E-state index >= 15 is 0 Å². The fourth-order valence-corrected chi connectivity index (χ4v) is 5.27. The average Bonchev–Trinajstić information content (AvgIpc) is 3.38. The molecule has 0 aliphatic rings. The Labute approximate surface area is 197 Å². The second-order valence-electron chi connectivity index (χ2n) is 9.24. The van der Waals surface area contributed by atoms with E-state index in [0.717, 1.165) is 27.6 Å². The van der Waals surface area contributed by atoms with E-state index < -0.39 is 0 Å². The summed E-state index contributed by atoms with van der Waals surface area (Å²) in [7, 11) is 0. The molecule has 2 nitrogen and oxygen atoms in total. The number of aryl methyl sites for hydroxylation is 2. The predicted octanol–water partition coefficient (Wildman–Crippen LogP) is 8.97. The first-order chi connectivity index (χ1) is 16.7. The van der Waals surface area contributed by atoms with Crippen LogP contribution in [0.3, 0.4) is 0 Å². The largest absolute Gasteiger partial charge is 0.456 e. The predicted molar refractivity (Wildman–Crippen MR) is 143 cm³/mol. The number of benzene rings is 5. The van der Waals surface area contributed by atoms with E-state index in [9.17, 15) is 0 Å². The first-order valence-corrected chi connectivity index (χ1v) is 11.7. The van der Waals surface area contributed by atoms with Crippen molar-refractivity contribution in [2.75, 3.05) is 0 Å². The minimum absolute atomic E-state index is 0.914. The number of hydrogen-bond donors (Lipinski definition) is 0. The molecule has 0 amide bonds. The summed E-state index contributed by atoms with van der Waals surface area (Å²) in [6.45, 7) is 4.29. The molecular weight excluding hydrogens is 414 g/mol.